The number of ether oxygens (including phenoxy) is 1. The van der Waals surface area contributed by atoms with E-state index in [1.54, 1.807) is 7.11 Å². The van der Waals surface area contributed by atoms with Gasteiger partial charge in [-0.3, -0.25) is 4.68 Å². The first-order valence-electron chi connectivity index (χ1n) is 9.15. The molecule has 1 saturated carbocycles. The van der Waals surface area contributed by atoms with Crippen molar-refractivity contribution in [2.24, 2.45) is 7.05 Å². The van der Waals surface area contributed by atoms with Crippen molar-refractivity contribution in [1.82, 2.24) is 24.5 Å². The van der Waals surface area contributed by atoms with Crippen molar-refractivity contribution in [3.63, 3.8) is 0 Å². The zero-order valence-electron chi connectivity index (χ0n) is 16.2. The van der Waals surface area contributed by atoms with E-state index in [0.29, 0.717) is 5.92 Å². The van der Waals surface area contributed by atoms with E-state index in [2.05, 4.69) is 32.0 Å². The predicted octanol–water partition coefficient (Wildman–Crippen LogP) is 4.27. The highest BCUT2D eigenvalue weighted by molar-refractivity contribution is 8.00. The summed E-state index contributed by atoms with van der Waals surface area (Å²) < 4.78 is 12.6. The maximum Gasteiger partial charge on any atom is 0.153 e. The van der Waals surface area contributed by atoms with Crippen LogP contribution in [-0.2, 0) is 7.05 Å². The van der Waals surface area contributed by atoms with E-state index >= 15 is 0 Å². The first-order chi connectivity index (χ1) is 13.7. The van der Waals surface area contributed by atoms with Gasteiger partial charge in [-0.05, 0) is 60.5 Å². The number of rotatable bonds is 6. The van der Waals surface area contributed by atoms with Gasteiger partial charge in [-0.1, -0.05) is 0 Å². The van der Waals surface area contributed by atoms with Gasteiger partial charge in [0.2, 0.25) is 0 Å². The lowest BCUT2D eigenvalue weighted by molar-refractivity contribution is 0.417. The molecule has 29 heavy (non-hydrogen) atoms. The number of nitrogens with one attached hydrogen (secondary N) is 1. The van der Waals surface area contributed by atoms with Gasteiger partial charge in [-0.2, -0.15) is 23.7 Å². The first kappa shape index (κ1) is 19.7. The Kier molecular flexibility index (Phi) is 5.42. The molecule has 150 valence electrons. The summed E-state index contributed by atoms with van der Waals surface area (Å²) in [6, 6.07) is 8.19. The molecule has 0 unspecified atom stereocenters. The second-order valence-electron chi connectivity index (χ2n) is 6.90. The molecule has 3 aromatic heterocycles. The molecule has 0 saturated heterocycles. The minimum Gasteiger partial charge on any atom is -0.494 e. The molecule has 0 atom stereocenters. The molecule has 1 fully saturated rings. The van der Waals surface area contributed by atoms with Crippen LogP contribution in [0.1, 0.15) is 24.3 Å². The van der Waals surface area contributed by atoms with Crippen LogP contribution < -0.4 is 9.46 Å². The Labute approximate surface area is 180 Å². The number of methoxy groups -OCH3 is 1. The Balaban J connectivity index is 0.00000205. The van der Waals surface area contributed by atoms with Crippen LogP contribution in [-0.4, -0.2) is 31.7 Å². The fourth-order valence-electron chi connectivity index (χ4n) is 3.34. The maximum absolute atomic E-state index is 5.53. The topological polar surface area (TPSA) is 69.8 Å². The third kappa shape index (κ3) is 3.79. The summed E-state index contributed by atoms with van der Waals surface area (Å²) in [4.78, 5) is 5.45. The average Bonchev–Trinajstić information content (AvgIpc) is 3.36. The molecular weight excluding hydrogens is 404 g/mol. The molecule has 1 aliphatic carbocycles. The summed E-state index contributed by atoms with van der Waals surface area (Å²) in [5, 5.41) is 9.88. The Morgan fingerprint density at radius 3 is 2.83 bits per heavy atom. The summed E-state index contributed by atoms with van der Waals surface area (Å²) in [7, 11) is 3.60. The Bertz CT molecular complexity index is 1150. The van der Waals surface area contributed by atoms with Gasteiger partial charge >= 0.3 is 0 Å². The van der Waals surface area contributed by atoms with Crippen LogP contribution in [0.15, 0.2) is 53.9 Å². The number of pyridine rings is 1. The van der Waals surface area contributed by atoms with Crippen LogP contribution in [0, 0.1) is 0 Å². The molecular formula is C20H22N6OS2. The normalized spacial score (nSPS) is 13.3. The second kappa shape index (κ2) is 8.00. The number of aryl methyl sites for hydroxylation is 1. The van der Waals surface area contributed by atoms with Crippen molar-refractivity contribution in [2.75, 3.05) is 11.8 Å². The van der Waals surface area contributed by atoms with Gasteiger partial charge < -0.3 is 9.46 Å². The highest BCUT2D eigenvalue weighted by Crippen LogP contribution is 2.40. The highest BCUT2D eigenvalue weighted by Gasteiger charge is 2.24. The molecule has 0 spiro atoms. The molecule has 0 radical (unpaired) electrons. The van der Waals surface area contributed by atoms with Crippen LogP contribution >= 0.6 is 25.4 Å². The van der Waals surface area contributed by atoms with E-state index in [1.807, 2.05) is 53.3 Å². The fraction of sp³-hybridized carbons (Fsp3) is 0.250. The van der Waals surface area contributed by atoms with E-state index < -0.39 is 0 Å². The molecule has 5 rings (SSSR count). The number of hydrogen-bond donors (Lipinski definition) is 1. The average molecular weight is 427 g/mol. The third-order valence-corrected chi connectivity index (χ3v) is 5.72. The zero-order valence-corrected chi connectivity index (χ0v) is 18.0. The van der Waals surface area contributed by atoms with Crippen LogP contribution in [0.3, 0.4) is 0 Å². The van der Waals surface area contributed by atoms with E-state index in [0.717, 1.165) is 33.1 Å². The molecule has 1 aliphatic rings. The van der Waals surface area contributed by atoms with Crippen molar-refractivity contribution in [2.45, 2.75) is 23.7 Å². The molecule has 3 heterocycles. The van der Waals surface area contributed by atoms with Crippen LogP contribution in [0.2, 0.25) is 0 Å². The van der Waals surface area contributed by atoms with Crippen molar-refractivity contribution in [1.29, 1.82) is 0 Å². The molecule has 9 heteroatoms. The van der Waals surface area contributed by atoms with Gasteiger partial charge in [0.05, 0.1) is 29.9 Å². The molecule has 7 nitrogen and oxygen atoms in total. The molecule has 1 aromatic carbocycles. The number of aromatic nitrogens is 5. The number of fused-ring (bicyclic) bond motifs is 1. The fourth-order valence-corrected chi connectivity index (χ4v) is 4.01. The van der Waals surface area contributed by atoms with Gasteiger partial charge in [0.15, 0.2) is 5.82 Å². The smallest absolute Gasteiger partial charge is 0.153 e. The molecule has 0 amide bonds. The monoisotopic (exact) mass is 426 g/mol. The van der Waals surface area contributed by atoms with Gasteiger partial charge in [-0.25, -0.2) is 9.67 Å². The van der Waals surface area contributed by atoms with Crippen molar-refractivity contribution in [3.8, 4) is 11.6 Å². The molecule has 0 bridgehead atoms. The van der Waals surface area contributed by atoms with Crippen molar-refractivity contribution >= 4 is 42.0 Å². The number of benzene rings is 1. The minimum atomic E-state index is 0. The van der Waals surface area contributed by atoms with E-state index in [-0.39, 0.29) is 13.5 Å². The summed E-state index contributed by atoms with van der Waals surface area (Å²) in [6.07, 6.45) is 10.1. The van der Waals surface area contributed by atoms with Crippen LogP contribution in [0.25, 0.3) is 16.7 Å². The Morgan fingerprint density at radius 1 is 1.17 bits per heavy atom. The number of hydrogen-bond acceptors (Lipinski definition) is 6. The Morgan fingerprint density at radius 2 is 2.03 bits per heavy atom. The Hall–Kier alpha value is -2.65. The second-order valence-corrected chi connectivity index (χ2v) is 7.77. The van der Waals surface area contributed by atoms with Gasteiger partial charge in [0.1, 0.15) is 11.4 Å². The maximum atomic E-state index is 5.53. The van der Waals surface area contributed by atoms with E-state index in [4.69, 9.17) is 4.74 Å². The van der Waals surface area contributed by atoms with Gasteiger partial charge in [0.25, 0.3) is 0 Å². The quantitative estimate of drug-likeness (QED) is 0.464. The van der Waals surface area contributed by atoms with E-state index in [9.17, 15) is 0 Å². The van der Waals surface area contributed by atoms with Crippen LogP contribution in [0.5, 0.6) is 5.75 Å². The first-order valence-corrected chi connectivity index (χ1v) is 9.97. The zero-order chi connectivity index (χ0) is 19.1. The highest BCUT2D eigenvalue weighted by atomic mass is 32.2. The minimum absolute atomic E-state index is 0. The van der Waals surface area contributed by atoms with Gasteiger partial charge in [0, 0.05) is 24.8 Å². The summed E-state index contributed by atoms with van der Waals surface area (Å²) >= 11 is 1.49. The summed E-state index contributed by atoms with van der Waals surface area (Å²) in [6.45, 7) is 0. The predicted molar refractivity (Wildman–Crippen MR) is 120 cm³/mol. The van der Waals surface area contributed by atoms with Gasteiger partial charge in [-0.15, -0.1) is 0 Å². The standard InChI is InChI=1S/C20H20N6OS.H2S/c1-25-20-15(10-22-25)5-6-17(27-2)19(20)24-28-16-11-23-26(12-16)18-9-14(7-8-21-18)13-3-4-13;/h5-13,24H,3-4H2,1-2H3;1H2. The molecule has 1 N–H and O–H groups in total. The summed E-state index contributed by atoms with van der Waals surface area (Å²) in [5.74, 6) is 2.32. The molecule has 0 aliphatic heterocycles. The van der Waals surface area contributed by atoms with Crippen molar-refractivity contribution < 1.29 is 4.74 Å². The van der Waals surface area contributed by atoms with Crippen molar-refractivity contribution in [3.05, 3.63) is 54.6 Å². The van der Waals surface area contributed by atoms with Crippen LogP contribution in [0.4, 0.5) is 5.69 Å². The number of nitrogens with zero attached hydrogens (tertiary/aromatic N) is 5. The largest absolute Gasteiger partial charge is 0.494 e. The lowest BCUT2D eigenvalue weighted by atomic mass is 10.2. The SMILES string of the molecule is COc1ccc2cnn(C)c2c1NSc1cnn(-c2cc(C3CC3)ccn2)c1.S. The molecule has 4 aromatic rings. The lowest BCUT2D eigenvalue weighted by Crippen LogP contribution is -1.98. The lowest BCUT2D eigenvalue weighted by Gasteiger charge is -2.11. The van der Waals surface area contributed by atoms with E-state index in [1.165, 1.54) is 30.4 Å². The number of anilines is 1. The third-order valence-electron chi connectivity index (χ3n) is 4.97. The summed E-state index contributed by atoms with van der Waals surface area (Å²) in [5.41, 5.74) is 3.24.